The number of aryl methyl sites for hydroxylation is 1. The number of para-hydroxylation sites is 1. The van der Waals surface area contributed by atoms with Gasteiger partial charge in [-0.25, -0.2) is 8.42 Å². The summed E-state index contributed by atoms with van der Waals surface area (Å²) in [6, 6.07) is 24.5. The van der Waals surface area contributed by atoms with E-state index < -0.39 is 28.5 Å². The Bertz CT molecular complexity index is 1370. The zero-order valence-corrected chi connectivity index (χ0v) is 24.9. The molecule has 41 heavy (non-hydrogen) atoms. The van der Waals surface area contributed by atoms with Gasteiger partial charge in [-0.15, -0.1) is 0 Å². The Morgan fingerprint density at radius 3 is 2.10 bits per heavy atom. The second kappa shape index (κ2) is 14.3. The lowest BCUT2D eigenvalue weighted by Gasteiger charge is -2.34. The predicted molar refractivity (Wildman–Crippen MR) is 163 cm³/mol. The number of sulfonamides is 1. The second-order valence-electron chi connectivity index (χ2n) is 10.8. The topological polar surface area (TPSA) is 86.8 Å². The molecule has 7 nitrogen and oxygen atoms in total. The Kier molecular flexibility index (Phi) is 10.6. The van der Waals surface area contributed by atoms with E-state index in [1.807, 2.05) is 44.2 Å². The van der Waals surface area contributed by atoms with Gasteiger partial charge in [0.1, 0.15) is 12.6 Å². The summed E-state index contributed by atoms with van der Waals surface area (Å²) in [4.78, 5) is 29.4. The number of hydrogen-bond acceptors (Lipinski definition) is 4. The standard InChI is InChI=1S/C33H41N3O4S/c1-3-31(33(38)34-28-15-9-5-10-16-28)35(24-23-27-13-7-4-8-14-27)32(37)25-36(29-17-11-6-12-18-29)41(39,40)30-21-19-26(2)20-22-30/h4,6-8,11-14,17-22,28,31H,3,5,9-10,15-16,23-25H2,1-2H3,(H,34,38)/t31-/m1/s1. The highest BCUT2D eigenvalue weighted by Gasteiger charge is 2.34. The number of anilines is 1. The lowest BCUT2D eigenvalue weighted by atomic mass is 9.95. The van der Waals surface area contributed by atoms with E-state index in [9.17, 15) is 18.0 Å². The fourth-order valence-corrected chi connectivity index (χ4v) is 6.81. The first-order valence-electron chi connectivity index (χ1n) is 14.6. The Balaban J connectivity index is 1.64. The first kappa shape index (κ1) is 30.3. The summed E-state index contributed by atoms with van der Waals surface area (Å²) in [5.74, 6) is -0.584. The number of benzene rings is 3. The van der Waals surface area contributed by atoms with Gasteiger partial charge in [-0.2, -0.15) is 0 Å². The van der Waals surface area contributed by atoms with Crippen molar-refractivity contribution in [1.82, 2.24) is 10.2 Å². The van der Waals surface area contributed by atoms with Crippen molar-refractivity contribution in [1.29, 1.82) is 0 Å². The first-order chi connectivity index (χ1) is 19.8. The average Bonchev–Trinajstić information content (AvgIpc) is 2.99. The maximum Gasteiger partial charge on any atom is 0.264 e. The van der Waals surface area contributed by atoms with Crippen LogP contribution < -0.4 is 9.62 Å². The van der Waals surface area contributed by atoms with E-state index in [1.165, 1.54) is 6.42 Å². The number of nitrogens with zero attached hydrogens (tertiary/aromatic N) is 2. The highest BCUT2D eigenvalue weighted by molar-refractivity contribution is 7.92. The van der Waals surface area contributed by atoms with Gasteiger partial charge in [0.2, 0.25) is 11.8 Å². The Morgan fingerprint density at radius 2 is 1.49 bits per heavy atom. The molecule has 0 radical (unpaired) electrons. The summed E-state index contributed by atoms with van der Waals surface area (Å²) >= 11 is 0. The van der Waals surface area contributed by atoms with Crippen molar-refractivity contribution < 1.29 is 18.0 Å². The molecule has 0 saturated heterocycles. The van der Waals surface area contributed by atoms with Gasteiger partial charge in [-0.1, -0.05) is 92.4 Å². The average molecular weight is 576 g/mol. The van der Waals surface area contributed by atoms with Gasteiger partial charge in [0.05, 0.1) is 10.6 Å². The van der Waals surface area contributed by atoms with Crippen LogP contribution in [0.1, 0.15) is 56.6 Å². The van der Waals surface area contributed by atoms with Gasteiger partial charge in [0.15, 0.2) is 0 Å². The smallest absolute Gasteiger partial charge is 0.264 e. The summed E-state index contributed by atoms with van der Waals surface area (Å²) in [6.07, 6.45) is 6.21. The SMILES string of the molecule is CC[C@H](C(=O)NC1CCCCC1)N(CCc1ccccc1)C(=O)CN(c1ccccc1)S(=O)(=O)c1ccc(C)cc1. The van der Waals surface area contributed by atoms with E-state index >= 15 is 0 Å². The molecule has 0 heterocycles. The molecule has 3 aromatic carbocycles. The molecule has 3 aromatic rings. The molecule has 4 rings (SSSR count). The molecule has 218 valence electrons. The number of rotatable bonds is 12. The molecule has 1 saturated carbocycles. The van der Waals surface area contributed by atoms with Crippen molar-refractivity contribution in [2.75, 3.05) is 17.4 Å². The largest absolute Gasteiger partial charge is 0.352 e. The van der Waals surface area contributed by atoms with Crippen LogP contribution in [0.2, 0.25) is 0 Å². The molecule has 0 bridgehead atoms. The molecular weight excluding hydrogens is 534 g/mol. The van der Waals surface area contributed by atoms with Crippen molar-refractivity contribution in [3.63, 3.8) is 0 Å². The van der Waals surface area contributed by atoms with Crippen LogP contribution >= 0.6 is 0 Å². The number of amides is 2. The van der Waals surface area contributed by atoms with Crippen LogP contribution in [0.25, 0.3) is 0 Å². The Labute approximate surface area is 244 Å². The predicted octanol–water partition coefficient (Wildman–Crippen LogP) is 5.49. The summed E-state index contributed by atoms with van der Waals surface area (Å²) in [7, 11) is -4.06. The minimum atomic E-state index is -4.06. The third kappa shape index (κ3) is 7.97. The number of carbonyl (C=O) groups is 2. The van der Waals surface area contributed by atoms with E-state index in [0.29, 0.717) is 25.1 Å². The fourth-order valence-electron chi connectivity index (χ4n) is 5.40. The molecule has 0 unspecified atom stereocenters. The van der Waals surface area contributed by atoms with Gasteiger partial charge in [-0.05, 0) is 62.4 Å². The second-order valence-corrected chi connectivity index (χ2v) is 12.6. The third-order valence-electron chi connectivity index (χ3n) is 7.75. The van der Waals surface area contributed by atoms with Crippen LogP contribution in [0.5, 0.6) is 0 Å². The van der Waals surface area contributed by atoms with Crippen LogP contribution in [0.3, 0.4) is 0 Å². The van der Waals surface area contributed by atoms with Crippen molar-refractivity contribution in [2.24, 2.45) is 0 Å². The maximum absolute atomic E-state index is 14.1. The Morgan fingerprint density at radius 1 is 0.878 bits per heavy atom. The summed E-state index contributed by atoms with van der Waals surface area (Å²) in [5.41, 5.74) is 2.37. The fraction of sp³-hybridized carbons (Fsp3) is 0.394. The molecule has 0 aliphatic heterocycles. The van der Waals surface area contributed by atoms with Crippen LogP contribution in [-0.2, 0) is 26.0 Å². The minimum absolute atomic E-state index is 0.109. The van der Waals surface area contributed by atoms with E-state index in [0.717, 1.165) is 41.1 Å². The molecule has 8 heteroatoms. The van der Waals surface area contributed by atoms with Crippen LogP contribution in [0.4, 0.5) is 5.69 Å². The van der Waals surface area contributed by atoms with Gasteiger partial charge < -0.3 is 10.2 Å². The zero-order chi connectivity index (χ0) is 29.2. The minimum Gasteiger partial charge on any atom is -0.352 e. The van der Waals surface area contributed by atoms with Crippen LogP contribution in [-0.4, -0.2) is 50.3 Å². The van der Waals surface area contributed by atoms with Gasteiger partial charge in [-0.3, -0.25) is 13.9 Å². The molecule has 0 aromatic heterocycles. The first-order valence-corrected chi connectivity index (χ1v) is 16.0. The van der Waals surface area contributed by atoms with Crippen molar-refractivity contribution in [2.45, 2.75) is 75.8 Å². The van der Waals surface area contributed by atoms with Gasteiger partial charge in [0.25, 0.3) is 10.0 Å². The van der Waals surface area contributed by atoms with Crippen molar-refractivity contribution >= 4 is 27.5 Å². The number of hydrogen-bond donors (Lipinski definition) is 1. The monoisotopic (exact) mass is 575 g/mol. The lowest BCUT2D eigenvalue weighted by Crippen LogP contribution is -2.54. The summed E-state index contributed by atoms with van der Waals surface area (Å²) < 4.78 is 28.9. The molecule has 1 aliphatic rings. The number of carbonyl (C=O) groups excluding carboxylic acids is 2. The number of nitrogens with one attached hydrogen (secondary N) is 1. The van der Waals surface area contributed by atoms with Gasteiger partial charge >= 0.3 is 0 Å². The quantitative estimate of drug-likeness (QED) is 0.310. The van der Waals surface area contributed by atoms with E-state index in [-0.39, 0.29) is 16.8 Å². The summed E-state index contributed by atoms with van der Waals surface area (Å²) in [6.45, 7) is 3.67. The molecule has 2 amide bonds. The lowest BCUT2D eigenvalue weighted by molar-refractivity contribution is -0.140. The normalized spacial score (nSPS) is 14.7. The summed E-state index contributed by atoms with van der Waals surface area (Å²) in [5, 5.41) is 3.19. The molecule has 0 spiro atoms. The van der Waals surface area contributed by atoms with Gasteiger partial charge in [0, 0.05) is 12.6 Å². The van der Waals surface area contributed by atoms with Crippen LogP contribution in [0, 0.1) is 6.92 Å². The highest BCUT2D eigenvalue weighted by Crippen LogP contribution is 2.25. The molecular formula is C33H41N3O4S. The van der Waals surface area contributed by atoms with Crippen LogP contribution in [0.15, 0.2) is 89.8 Å². The third-order valence-corrected chi connectivity index (χ3v) is 9.54. The highest BCUT2D eigenvalue weighted by atomic mass is 32.2. The van der Waals surface area contributed by atoms with E-state index in [1.54, 1.807) is 59.5 Å². The molecule has 1 fully saturated rings. The maximum atomic E-state index is 14.1. The Hall–Kier alpha value is -3.65. The van der Waals surface area contributed by atoms with E-state index in [4.69, 9.17) is 0 Å². The van der Waals surface area contributed by atoms with Crippen molar-refractivity contribution in [3.05, 3.63) is 96.1 Å². The molecule has 1 aliphatic carbocycles. The van der Waals surface area contributed by atoms with E-state index in [2.05, 4.69) is 5.32 Å². The molecule has 1 atom stereocenters. The molecule has 1 N–H and O–H groups in total. The zero-order valence-electron chi connectivity index (χ0n) is 24.0. The van der Waals surface area contributed by atoms with Crippen molar-refractivity contribution in [3.8, 4) is 0 Å².